The summed E-state index contributed by atoms with van der Waals surface area (Å²) in [6.07, 6.45) is 3.32. The second-order valence-corrected chi connectivity index (χ2v) is 4.54. The van der Waals surface area contributed by atoms with Gasteiger partial charge in [-0.05, 0) is 26.7 Å². The number of hydrogen-bond donors (Lipinski definition) is 1. The molecule has 4 nitrogen and oxygen atoms in total. The largest absolute Gasteiger partial charge is 0.481 e. The van der Waals surface area contributed by atoms with Gasteiger partial charge in [0.2, 0.25) is 5.91 Å². The Bertz CT molecular complexity index is 265. The van der Waals surface area contributed by atoms with Gasteiger partial charge >= 0.3 is 5.97 Å². The van der Waals surface area contributed by atoms with Crippen LogP contribution in [0.4, 0.5) is 0 Å². The molecule has 1 fully saturated rings. The van der Waals surface area contributed by atoms with Gasteiger partial charge < -0.3 is 10.0 Å². The van der Waals surface area contributed by atoms with Crippen LogP contribution in [0.1, 0.15) is 46.0 Å². The maximum atomic E-state index is 11.9. The summed E-state index contributed by atoms with van der Waals surface area (Å²) in [5, 5.41) is 9.27. The van der Waals surface area contributed by atoms with E-state index < -0.39 is 11.4 Å². The van der Waals surface area contributed by atoms with Crippen molar-refractivity contribution in [2.24, 2.45) is 5.41 Å². The third-order valence-electron chi connectivity index (χ3n) is 3.62. The predicted molar refractivity (Wildman–Crippen MR) is 61.1 cm³/mol. The highest BCUT2D eigenvalue weighted by atomic mass is 16.4. The molecule has 0 bridgehead atoms. The molecule has 1 aliphatic rings. The Hall–Kier alpha value is -1.06. The van der Waals surface area contributed by atoms with Crippen LogP contribution in [0.3, 0.4) is 0 Å². The van der Waals surface area contributed by atoms with Crippen molar-refractivity contribution in [1.82, 2.24) is 4.90 Å². The standard InChI is InChI=1S/C12H21NO3/c1-3-13(4-2)10(14)9-12(11(15)16)7-5-6-8-12/h3-9H2,1-2H3,(H,15,16). The molecular weight excluding hydrogens is 206 g/mol. The minimum absolute atomic E-state index is 0.0192. The lowest BCUT2D eigenvalue weighted by molar-refractivity contribution is -0.153. The van der Waals surface area contributed by atoms with Crippen molar-refractivity contribution in [3.8, 4) is 0 Å². The van der Waals surface area contributed by atoms with Crippen LogP contribution in [-0.2, 0) is 9.59 Å². The van der Waals surface area contributed by atoms with E-state index in [1.165, 1.54) is 0 Å². The van der Waals surface area contributed by atoms with E-state index in [0.717, 1.165) is 12.8 Å². The van der Waals surface area contributed by atoms with Gasteiger partial charge in [0.15, 0.2) is 0 Å². The summed E-state index contributed by atoms with van der Waals surface area (Å²) in [6.45, 7) is 5.16. The molecule has 0 radical (unpaired) electrons. The summed E-state index contributed by atoms with van der Waals surface area (Å²) in [4.78, 5) is 24.9. The molecule has 92 valence electrons. The molecule has 0 spiro atoms. The Labute approximate surface area is 96.6 Å². The van der Waals surface area contributed by atoms with E-state index in [0.29, 0.717) is 25.9 Å². The van der Waals surface area contributed by atoms with Gasteiger partial charge in [0.1, 0.15) is 0 Å². The van der Waals surface area contributed by atoms with Crippen LogP contribution in [0.25, 0.3) is 0 Å². The quantitative estimate of drug-likeness (QED) is 0.780. The molecule has 1 N–H and O–H groups in total. The Morgan fingerprint density at radius 3 is 2.06 bits per heavy atom. The van der Waals surface area contributed by atoms with Crippen LogP contribution < -0.4 is 0 Å². The van der Waals surface area contributed by atoms with Crippen LogP contribution in [0.2, 0.25) is 0 Å². The van der Waals surface area contributed by atoms with Gasteiger partial charge in [-0.25, -0.2) is 0 Å². The SMILES string of the molecule is CCN(CC)C(=O)CC1(C(=O)O)CCCC1. The lowest BCUT2D eigenvalue weighted by Gasteiger charge is -2.27. The van der Waals surface area contributed by atoms with Crippen molar-refractivity contribution < 1.29 is 14.7 Å². The molecule has 1 amide bonds. The van der Waals surface area contributed by atoms with E-state index in [1.54, 1.807) is 4.90 Å². The molecule has 0 saturated heterocycles. The maximum absolute atomic E-state index is 11.9. The Morgan fingerprint density at radius 2 is 1.69 bits per heavy atom. The summed E-state index contributed by atoms with van der Waals surface area (Å²) in [5.74, 6) is -0.820. The number of hydrogen-bond acceptors (Lipinski definition) is 2. The molecule has 0 aromatic heterocycles. The van der Waals surface area contributed by atoms with E-state index in [9.17, 15) is 14.7 Å². The summed E-state index contributed by atoms with van der Waals surface area (Å²) >= 11 is 0. The summed E-state index contributed by atoms with van der Waals surface area (Å²) in [6, 6.07) is 0. The molecule has 1 saturated carbocycles. The van der Waals surface area contributed by atoms with Crippen LogP contribution in [0, 0.1) is 5.41 Å². The zero-order chi connectivity index (χ0) is 12.2. The molecule has 0 unspecified atom stereocenters. The maximum Gasteiger partial charge on any atom is 0.310 e. The number of carboxylic acids is 1. The first kappa shape index (κ1) is 13.0. The minimum Gasteiger partial charge on any atom is -0.481 e. The monoisotopic (exact) mass is 227 g/mol. The Morgan fingerprint density at radius 1 is 1.19 bits per heavy atom. The number of rotatable bonds is 5. The Balaban J connectivity index is 2.69. The van der Waals surface area contributed by atoms with Gasteiger partial charge in [-0.3, -0.25) is 9.59 Å². The van der Waals surface area contributed by atoms with Gasteiger partial charge in [-0.2, -0.15) is 0 Å². The van der Waals surface area contributed by atoms with E-state index in [-0.39, 0.29) is 12.3 Å². The number of carbonyl (C=O) groups excluding carboxylic acids is 1. The molecule has 0 aromatic rings. The zero-order valence-electron chi connectivity index (χ0n) is 10.2. The molecule has 1 rings (SSSR count). The van der Waals surface area contributed by atoms with Gasteiger partial charge in [-0.1, -0.05) is 12.8 Å². The average Bonchev–Trinajstić information content (AvgIpc) is 2.69. The highest BCUT2D eigenvalue weighted by molar-refractivity contribution is 5.85. The van der Waals surface area contributed by atoms with Crippen LogP contribution in [-0.4, -0.2) is 35.0 Å². The molecule has 1 aliphatic carbocycles. The number of nitrogens with zero attached hydrogens (tertiary/aromatic N) is 1. The highest BCUT2D eigenvalue weighted by Gasteiger charge is 2.43. The fraction of sp³-hybridized carbons (Fsp3) is 0.833. The second kappa shape index (κ2) is 5.32. The fourth-order valence-corrected chi connectivity index (χ4v) is 2.50. The molecular formula is C12H21NO3. The van der Waals surface area contributed by atoms with Crippen molar-refractivity contribution in [1.29, 1.82) is 0 Å². The van der Waals surface area contributed by atoms with Crippen LogP contribution in [0.5, 0.6) is 0 Å². The molecule has 0 aromatic carbocycles. The lowest BCUT2D eigenvalue weighted by Crippen LogP contribution is -2.38. The molecule has 0 atom stereocenters. The number of aliphatic carboxylic acids is 1. The summed E-state index contributed by atoms with van der Waals surface area (Å²) in [7, 11) is 0. The first-order chi connectivity index (χ1) is 7.55. The van der Waals surface area contributed by atoms with Crippen molar-refractivity contribution in [3.63, 3.8) is 0 Å². The number of carboxylic acid groups (broad SMARTS) is 1. The zero-order valence-corrected chi connectivity index (χ0v) is 10.2. The van der Waals surface area contributed by atoms with Gasteiger partial charge in [0, 0.05) is 19.5 Å². The first-order valence-electron chi connectivity index (χ1n) is 6.07. The van der Waals surface area contributed by atoms with Crippen LogP contribution >= 0.6 is 0 Å². The molecule has 4 heteroatoms. The highest BCUT2D eigenvalue weighted by Crippen LogP contribution is 2.41. The topological polar surface area (TPSA) is 57.6 Å². The van der Waals surface area contributed by atoms with E-state index >= 15 is 0 Å². The fourth-order valence-electron chi connectivity index (χ4n) is 2.50. The van der Waals surface area contributed by atoms with Gasteiger partial charge in [-0.15, -0.1) is 0 Å². The Kier molecular flexibility index (Phi) is 4.33. The van der Waals surface area contributed by atoms with Gasteiger partial charge in [0.05, 0.1) is 5.41 Å². The number of amides is 1. The van der Waals surface area contributed by atoms with Gasteiger partial charge in [0.25, 0.3) is 0 Å². The lowest BCUT2D eigenvalue weighted by atomic mass is 9.82. The molecule has 0 aliphatic heterocycles. The predicted octanol–water partition coefficient (Wildman–Crippen LogP) is 1.89. The second-order valence-electron chi connectivity index (χ2n) is 4.54. The third kappa shape index (κ3) is 2.54. The smallest absolute Gasteiger partial charge is 0.310 e. The first-order valence-corrected chi connectivity index (χ1v) is 6.07. The molecule has 0 heterocycles. The van der Waals surface area contributed by atoms with E-state index in [2.05, 4.69) is 0 Å². The molecule has 16 heavy (non-hydrogen) atoms. The van der Waals surface area contributed by atoms with Crippen molar-refractivity contribution in [3.05, 3.63) is 0 Å². The van der Waals surface area contributed by atoms with Crippen molar-refractivity contribution in [2.45, 2.75) is 46.0 Å². The minimum atomic E-state index is -0.800. The summed E-state index contributed by atoms with van der Waals surface area (Å²) < 4.78 is 0. The normalized spacial score (nSPS) is 18.4. The van der Waals surface area contributed by atoms with Crippen molar-refractivity contribution >= 4 is 11.9 Å². The van der Waals surface area contributed by atoms with E-state index in [1.807, 2.05) is 13.8 Å². The number of carbonyl (C=O) groups is 2. The average molecular weight is 227 g/mol. The van der Waals surface area contributed by atoms with Crippen LogP contribution in [0.15, 0.2) is 0 Å². The van der Waals surface area contributed by atoms with Crippen molar-refractivity contribution in [2.75, 3.05) is 13.1 Å². The third-order valence-corrected chi connectivity index (χ3v) is 3.62. The summed E-state index contributed by atoms with van der Waals surface area (Å²) in [5.41, 5.74) is -0.778. The van der Waals surface area contributed by atoms with E-state index in [4.69, 9.17) is 0 Å².